The van der Waals surface area contributed by atoms with Crippen molar-refractivity contribution in [3.8, 4) is 0 Å². The SMILES string of the molecule is COC[C@H](CCOCc1ccccc1)N1CCN[C@@H](C)C1=O. The number of carbonyl (C=O) groups excluding carboxylic acids is 1. The maximum atomic E-state index is 12.3. The van der Waals surface area contributed by atoms with E-state index < -0.39 is 0 Å². The molecule has 0 radical (unpaired) electrons. The van der Waals surface area contributed by atoms with E-state index in [4.69, 9.17) is 9.47 Å². The molecule has 5 nitrogen and oxygen atoms in total. The van der Waals surface area contributed by atoms with E-state index in [0.717, 1.165) is 25.1 Å². The van der Waals surface area contributed by atoms with Gasteiger partial charge in [0.25, 0.3) is 0 Å². The summed E-state index contributed by atoms with van der Waals surface area (Å²) in [7, 11) is 1.67. The highest BCUT2D eigenvalue weighted by Gasteiger charge is 2.30. The second kappa shape index (κ2) is 8.88. The largest absolute Gasteiger partial charge is 0.383 e. The molecule has 2 atom stereocenters. The molecule has 1 N–H and O–H groups in total. The van der Waals surface area contributed by atoms with Crippen molar-refractivity contribution in [2.45, 2.75) is 32.0 Å². The molecule has 0 bridgehead atoms. The van der Waals surface area contributed by atoms with Crippen molar-refractivity contribution in [2.24, 2.45) is 0 Å². The summed E-state index contributed by atoms with van der Waals surface area (Å²) in [5.41, 5.74) is 1.16. The van der Waals surface area contributed by atoms with E-state index in [0.29, 0.717) is 19.8 Å². The zero-order valence-electron chi connectivity index (χ0n) is 13.5. The van der Waals surface area contributed by atoms with E-state index in [1.807, 2.05) is 42.2 Å². The molecule has 1 aromatic rings. The zero-order chi connectivity index (χ0) is 15.8. The molecule has 0 unspecified atom stereocenters. The standard InChI is InChI=1S/C17H26N2O3/c1-14-17(20)19(10-9-18-14)16(13-21-2)8-11-22-12-15-6-4-3-5-7-15/h3-7,14,16,18H,8-13H2,1-2H3/t14-,16-/m0/s1. The van der Waals surface area contributed by atoms with Crippen molar-refractivity contribution in [1.82, 2.24) is 10.2 Å². The molecule has 1 saturated heterocycles. The number of rotatable bonds is 8. The molecule has 0 spiro atoms. The molecule has 1 aliphatic heterocycles. The monoisotopic (exact) mass is 306 g/mol. The molecule has 5 heteroatoms. The maximum Gasteiger partial charge on any atom is 0.239 e. The fraction of sp³-hybridized carbons (Fsp3) is 0.588. The van der Waals surface area contributed by atoms with Crippen LogP contribution in [0.25, 0.3) is 0 Å². The topological polar surface area (TPSA) is 50.8 Å². The Labute approximate surface area is 132 Å². The second-order valence-electron chi connectivity index (χ2n) is 5.64. The van der Waals surface area contributed by atoms with Gasteiger partial charge in [-0.15, -0.1) is 0 Å². The highest BCUT2D eigenvalue weighted by Crippen LogP contribution is 2.11. The molecule has 1 aromatic carbocycles. The Morgan fingerprint density at radius 3 is 2.86 bits per heavy atom. The summed E-state index contributed by atoms with van der Waals surface area (Å²) in [5.74, 6) is 0.149. The Kier molecular flexibility index (Phi) is 6.83. The minimum atomic E-state index is -0.113. The fourth-order valence-corrected chi connectivity index (χ4v) is 2.72. The number of benzene rings is 1. The number of piperazine rings is 1. The van der Waals surface area contributed by atoms with E-state index in [1.54, 1.807) is 7.11 Å². The average Bonchev–Trinajstić information content (AvgIpc) is 2.54. The highest BCUT2D eigenvalue weighted by molar-refractivity contribution is 5.82. The van der Waals surface area contributed by atoms with Crippen molar-refractivity contribution in [3.05, 3.63) is 35.9 Å². The molecule has 122 valence electrons. The first-order chi connectivity index (χ1) is 10.7. The molecule has 0 saturated carbocycles. The number of ether oxygens (including phenoxy) is 2. The Bertz CT molecular complexity index is 452. The first-order valence-electron chi connectivity index (χ1n) is 7.87. The third kappa shape index (κ3) is 4.80. The van der Waals surface area contributed by atoms with Crippen LogP contribution in [0.1, 0.15) is 18.9 Å². The Morgan fingerprint density at radius 1 is 1.36 bits per heavy atom. The molecular weight excluding hydrogens is 280 g/mol. The molecule has 2 rings (SSSR count). The van der Waals surface area contributed by atoms with Gasteiger partial charge in [-0.25, -0.2) is 0 Å². The van der Waals surface area contributed by atoms with Crippen LogP contribution in [-0.4, -0.2) is 56.3 Å². The van der Waals surface area contributed by atoms with E-state index in [1.165, 1.54) is 0 Å². The summed E-state index contributed by atoms with van der Waals surface area (Å²) < 4.78 is 11.0. The van der Waals surface area contributed by atoms with E-state index in [9.17, 15) is 4.79 Å². The van der Waals surface area contributed by atoms with E-state index in [-0.39, 0.29) is 18.0 Å². The van der Waals surface area contributed by atoms with Crippen LogP contribution in [-0.2, 0) is 20.9 Å². The lowest BCUT2D eigenvalue weighted by molar-refractivity contribution is -0.139. The van der Waals surface area contributed by atoms with Gasteiger partial charge >= 0.3 is 0 Å². The minimum Gasteiger partial charge on any atom is -0.383 e. The van der Waals surface area contributed by atoms with Gasteiger partial charge in [-0.1, -0.05) is 30.3 Å². The summed E-state index contributed by atoms with van der Waals surface area (Å²) in [6.07, 6.45) is 0.791. The summed E-state index contributed by atoms with van der Waals surface area (Å²) in [6.45, 7) is 5.24. The van der Waals surface area contributed by atoms with Crippen LogP contribution in [0.3, 0.4) is 0 Å². The predicted octanol–water partition coefficient (Wildman–Crippen LogP) is 1.43. The van der Waals surface area contributed by atoms with Gasteiger partial charge in [-0.3, -0.25) is 4.79 Å². The van der Waals surface area contributed by atoms with Gasteiger partial charge in [0.2, 0.25) is 5.91 Å². The van der Waals surface area contributed by atoms with Crippen LogP contribution in [0.2, 0.25) is 0 Å². The summed E-state index contributed by atoms with van der Waals surface area (Å²) >= 11 is 0. The van der Waals surface area contributed by atoms with Crippen molar-refractivity contribution in [1.29, 1.82) is 0 Å². The van der Waals surface area contributed by atoms with Crippen molar-refractivity contribution < 1.29 is 14.3 Å². The van der Waals surface area contributed by atoms with Gasteiger partial charge in [0.15, 0.2) is 0 Å². The highest BCUT2D eigenvalue weighted by atomic mass is 16.5. The van der Waals surface area contributed by atoms with Crippen LogP contribution in [0.15, 0.2) is 30.3 Å². The van der Waals surface area contributed by atoms with E-state index >= 15 is 0 Å². The Balaban J connectivity index is 1.80. The lowest BCUT2D eigenvalue weighted by Gasteiger charge is -2.37. The molecular formula is C17H26N2O3. The lowest BCUT2D eigenvalue weighted by atomic mass is 10.1. The van der Waals surface area contributed by atoms with Crippen LogP contribution >= 0.6 is 0 Å². The summed E-state index contributed by atoms with van der Waals surface area (Å²) in [4.78, 5) is 14.2. The number of methoxy groups -OCH3 is 1. The van der Waals surface area contributed by atoms with Crippen LogP contribution < -0.4 is 5.32 Å². The molecule has 22 heavy (non-hydrogen) atoms. The van der Waals surface area contributed by atoms with Crippen molar-refractivity contribution in [2.75, 3.05) is 33.4 Å². The number of nitrogens with zero attached hydrogens (tertiary/aromatic N) is 1. The molecule has 1 fully saturated rings. The van der Waals surface area contributed by atoms with Crippen molar-refractivity contribution in [3.63, 3.8) is 0 Å². The van der Waals surface area contributed by atoms with Gasteiger partial charge < -0.3 is 19.7 Å². The van der Waals surface area contributed by atoms with Crippen LogP contribution in [0.4, 0.5) is 0 Å². The first kappa shape index (κ1) is 16.9. The fourth-order valence-electron chi connectivity index (χ4n) is 2.72. The molecule has 1 heterocycles. The third-order valence-electron chi connectivity index (χ3n) is 3.96. The first-order valence-corrected chi connectivity index (χ1v) is 7.87. The van der Waals surface area contributed by atoms with Crippen LogP contribution in [0, 0.1) is 0 Å². The quantitative estimate of drug-likeness (QED) is 0.738. The van der Waals surface area contributed by atoms with Crippen LogP contribution in [0.5, 0.6) is 0 Å². The normalized spacial score (nSPS) is 20.2. The number of hydrogen-bond acceptors (Lipinski definition) is 4. The second-order valence-corrected chi connectivity index (χ2v) is 5.64. The molecule has 1 amide bonds. The number of nitrogens with one attached hydrogen (secondary N) is 1. The average molecular weight is 306 g/mol. The minimum absolute atomic E-state index is 0.0813. The zero-order valence-corrected chi connectivity index (χ0v) is 13.5. The maximum absolute atomic E-state index is 12.3. The summed E-state index contributed by atoms with van der Waals surface area (Å²) in [6, 6.07) is 10.1. The van der Waals surface area contributed by atoms with Gasteiger partial charge in [0.1, 0.15) is 0 Å². The lowest BCUT2D eigenvalue weighted by Crippen LogP contribution is -2.58. The van der Waals surface area contributed by atoms with E-state index in [2.05, 4.69) is 5.32 Å². The predicted molar refractivity (Wildman–Crippen MR) is 85.6 cm³/mol. The summed E-state index contributed by atoms with van der Waals surface area (Å²) in [5, 5.41) is 3.18. The van der Waals surface area contributed by atoms with Gasteiger partial charge in [-0.05, 0) is 18.9 Å². The number of hydrogen-bond donors (Lipinski definition) is 1. The third-order valence-corrected chi connectivity index (χ3v) is 3.96. The molecule has 0 aliphatic carbocycles. The molecule has 1 aliphatic rings. The molecule has 0 aromatic heterocycles. The van der Waals surface area contributed by atoms with Gasteiger partial charge in [0, 0.05) is 26.8 Å². The smallest absolute Gasteiger partial charge is 0.239 e. The Hall–Kier alpha value is -1.43. The van der Waals surface area contributed by atoms with Crippen molar-refractivity contribution >= 4 is 5.91 Å². The van der Waals surface area contributed by atoms with Gasteiger partial charge in [0.05, 0.1) is 25.3 Å². The number of amides is 1. The van der Waals surface area contributed by atoms with Gasteiger partial charge in [-0.2, -0.15) is 0 Å². The number of carbonyl (C=O) groups is 1. The Morgan fingerprint density at radius 2 is 2.14 bits per heavy atom.